The highest BCUT2D eigenvalue weighted by Crippen LogP contribution is 2.77. The minimum absolute atomic E-state index is 0.0896. The van der Waals surface area contributed by atoms with Crippen LogP contribution in [0.15, 0.2) is 48.6 Å². The Bertz CT molecular complexity index is 1250. The maximum absolute atomic E-state index is 13.7. The molecule has 1 aromatic carbocycles. The molecule has 5 heteroatoms. The maximum Gasteiger partial charge on any atom is 0.338 e. The lowest BCUT2D eigenvalue weighted by molar-refractivity contribution is -0.291. The van der Waals surface area contributed by atoms with E-state index in [0.717, 1.165) is 32.1 Å². The zero-order valence-electron chi connectivity index (χ0n) is 25.7. The van der Waals surface area contributed by atoms with Crippen LogP contribution in [0, 0.1) is 51.2 Å². The molecule has 5 aliphatic rings. The van der Waals surface area contributed by atoms with Gasteiger partial charge in [0.05, 0.1) is 17.8 Å². The first-order valence-corrected chi connectivity index (χ1v) is 15.9. The lowest BCUT2D eigenvalue weighted by atomic mass is 9.32. The molecule has 5 nitrogen and oxygen atoms in total. The summed E-state index contributed by atoms with van der Waals surface area (Å²) in [5.41, 5.74) is 1.69. The van der Waals surface area contributed by atoms with E-state index in [0.29, 0.717) is 35.3 Å². The monoisotopic (exact) mass is 562 g/mol. The smallest absolute Gasteiger partial charge is 0.338 e. The van der Waals surface area contributed by atoms with E-state index in [2.05, 4.69) is 47.8 Å². The number of benzene rings is 1. The SMILES string of the molecule is C=C(C)[C@@H]1CC[C@@]2(C)[C@@H]1CC[C@]1(C)[C@@H]2CC[C@H]2[C@@]3(C)CC[C@H](O)C(=C)[C@H]3[C@H](O)[C@H](OC(=O)c3ccc(O)cc3)[C@]21C. The molecule has 5 fully saturated rings. The number of aliphatic hydroxyl groups excluding tert-OH is 2. The third-order valence-electron chi connectivity index (χ3n) is 14.1. The van der Waals surface area contributed by atoms with Gasteiger partial charge in [0.15, 0.2) is 0 Å². The second-order valence-electron chi connectivity index (χ2n) is 15.5. The lowest BCUT2D eigenvalue weighted by Gasteiger charge is -2.74. The first-order chi connectivity index (χ1) is 19.2. The largest absolute Gasteiger partial charge is 0.508 e. The molecule has 0 aliphatic heterocycles. The Balaban J connectivity index is 1.47. The van der Waals surface area contributed by atoms with Crippen LogP contribution in [0.2, 0.25) is 0 Å². The number of allylic oxidation sites excluding steroid dienone is 1. The van der Waals surface area contributed by atoms with Crippen molar-refractivity contribution in [3.05, 3.63) is 54.1 Å². The van der Waals surface area contributed by atoms with Crippen molar-refractivity contribution in [2.45, 2.75) is 104 Å². The molecule has 6 rings (SSSR count). The second-order valence-corrected chi connectivity index (χ2v) is 15.5. The lowest BCUT2D eigenvalue weighted by Crippen LogP contribution is -2.73. The van der Waals surface area contributed by atoms with Gasteiger partial charge in [0.2, 0.25) is 0 Å². The van der Waals surface area contributed by atoms with Crippen molar-refractivity contribution >= 4 is 5.97 Å². The number of rotatable bonds is 3. The Kier molecular flexibility index (Phi) is 6.68. The maximum atomic E-state index is 13.7. The summed E-state index contributed by atoms with van der Waals surface area (Å²) in [6.07, 6.45) is 5.85. The zero-order chi connectivity index (χ0) is 29.7. The summed E-state index contributed by atoms with van der Waals surface area (Å²) >= 11 is 0. The number of ether oxygens (including phenoxy) is 1. The van der Waals surface area contributed by atoms with Gasteiger partial charge in [-0.25, -0.2) is 4.79 Å². The van der Waals surface area contributed by atoms with E-state index >= 15 is 0 Å². The van der Waals surface area contributed by atoms with Crippen molar-refractivity contribution in [2.24, 2.45) is 51.2 Å². The van der Waals surface area contributed by atoms with Crippen molar-refractivity contribution < 1.29 is 24.9 Å². The fourth-order valence-electron chi connectivity index (χ4n) is 12.0. The van der Waals surface area contributed by atoms with Gasteiger partial charge in [-0.3, -0.25) is 0 Å². The summed E-state index contributed by atoms with van der Waals surface area (Å²) < 4.78 is 6.49. The summed E-state index contributed by atoms with van der Waals surface area (Å²) in [4.78, 5) is 13.7. The third kappa shape index (κ3) is 3.76. The number of phenols is 1. The van der Waals surface area contributed by atoms with Gasteiger partial charge >= 0.3 is 5.97 Å². The van der Waals surface area contributed by atoms with Gasteiger partial charge in [-0.05, 0) is 128 Å². The quantitative estimate of drug-likeness (QED) is 0.271. The number of carbonyl (C=O) groups is 1. The van der Waals surface area contributed by atoms with E-state index in [1.807, 2.05) is 0 Å². The highest BCUT2D eigenvalue weighted by atomic mass is 16.6. The molecule has 1 aromatic rings. The molecular formula is C36H50O5. The third-order valence-corrected chi connectivity index (χ3v) is 14.1. The number of phenolic OH excluding ortho intramolecular Hbond substituents is 1. The van der Waals surface area contributed by atoms with E-state index in [-0.39, 0.29) is 33.8 Å². The van der Waals surface area contributed by atoms with Gasteiger partial charge in [-0.1, -0.05) is 46.4 Å². The molecule has 41 heavy (non-hydrogen) atoms. The molecule has 3 N–H and O–H groups in total. The van der Waals surface area contributed by atoms with Gasteiger partial charge in [-0.2, -0.15) is 0 Å². The number of carbonyl (C=O) groups excluding carboxylic acids is 1. The molecule has 12 atom stereocenters. The molecule has 5 aliphatic carbocycles. The standard InChI is InChI=1S/C36H50O5/c1-20(2)24-14-17-33(4)25(24)15-19-35(6)27(33)12-13-28-34(5)18-16-26(38)21(3)29(34)30(39)31(36(28,35)7)41-32(40)22-8-10-23(37)11-9-22/h8-11,24-31,37-39H,1,3,12-19H2,2,4-7H3/t24-,25+,26-,27+,28-,29-,30-,31-,33-,34+,35+,36-/m0/s1. The minimum atomic E-state index is -0.961. The van der Waals surface area contributed by atoms with E-state index in [4.69, 9.17) is 4.74 Å². The Morgan fingerprint density at radius 3 is 2.20 bits per heavy atom. The first kappa shape index (κ1) is 29.0. The van der Waals surface area contributed by atoms with Crippen LogP contribution >= 0.6 is 0 Å². The van der Waals surface area contributed by atoms with Crippen LogP contribution < -0.4 is 0 Å². The number of hydrogen-bond donors (Lipinski definition) is 3. The predicted molar refractivity (Wildman–Crippen MR) is 160 cm³/mol. The van der Waals surface area contributed by atoms with Crippen LogP contribution in [0.25, 0.3) is 0 Å². The van der Waals surface area contributed by atoms with E-state index in [9.17, 15) is 20.1 Å². The average molecular weight is 563 g/mol. The van der Waals surface area contributed by atoms with Crippen molar-refractivity contribution in [1.82, 2.24) is 0 Å². The van der Waals surface area contributed by atoms with E-state index in [1.165, 1.54) is 30.5 Å². The van der Waals surface area contributed by atoms with Crippen LogP contribution in [0.5, 0.6) is 5.75 Å². The van der Waals surface area contributed by atoms with E-state index in [1.54, 1.807) is 12.1 Å². The van der Waals surface area contributed by atoms with Crippen LogP contribution in [-0.2, 0) is 4.74 Å². The fourth-order valence-corrected chi connectivity index (χ4v) is 12.0. The van der Waals surface area contributed by atoms with Crippen LogP contribution in [0.4, 0.5) is 0 Å². The molecule has 0 unspecified atom stereocenters. The molecule has 224 valence electrons. The summed E-state index contributed by atoms with van der Waals surface area (Å²) in [6.45, 7) is 20.5. The molecule has 0 aromatic heterocycles. The van der Waals surface area contributed by atoms with Gasteiger partial charge in [0, 0.05) is 11.3 Å². The Morgan fingerprint density at radius 2 is 1.54 bits per heavy atom. The van der Waals surface area contributed by atoms with E-state index < -0.39 is 29.7 Å². The number of aromatic hydroxyl groups is 1. The number of hydrogen-bond acceptors (Lipinski definition) is 5. The minimum Gasteiger partial charge on any atom is -0.508 e. The average Bonchev–Trinajstić information content (AvgIpc) is 3.27. The van der Waals surface area contributed by atoms with Crippen LogP contribution in [0.3, 0.4) is 0 Å². The number of fused-ring (bicyclic) bond motifs is 7. The molecule has 0 spiro atoms. The van der Waals surface area contributed by atoms with Crippen LogP contribution in [0.1, 0.15) is 96.3 Å². The number of esters is 1. The predicted octanol–water partition coefficient (Wildman–Crippen LogP) is 7.07. The first-order valence-electron chi connectivity index (χ1n) is 15.9. The second kappa shape index (κ2) is 9.44. The topological polar surface area (TPSA) is 87.0 Å². The molecule has 0 bridgehead atoms. The summed E-state index contributed by atoms with van der Waals surface area (Å²) in [5.74, 6) is 1.13. The van der Waals surface area contributed by atoms with Gasteiger partial charge in [0.1, 0.15) is 11.9 Å². The molecular weight excluding hydrogens is 512 g/mol. The molecule has 0 saturated heterocycles. The van der Waals surface area contributed by atoms with Crippen LogP contribution in [-0.4, -0.2) is 39.6 Å². The molecule has 0 radical (unpaired) electrons. The Morgan fingerprint density at radius 1 is 0.902 bits per heavy atom. The van der Waals surface area contributed by atoms with Gasteiger partial charge < -0.3 is 20.1 Å². The van der Waals surface area contributed by atoms with Gasteiger partial charge in [0.25, 0.3) is 0 Å². The van der Waals surface area contributed by atoms with Crippen molar-refractivity contribution in [3.63, 3.8) is 0 Å². The number of aliphatic hydroxyl groups is 2. The summed E-state index contributed by atoms with van der Waals surface area (Å²) in [6, 6.07) is 6.14. The summed E-state index contributed by atoms with van der Waals surface area (Å²) in [7, 11) is 0. The fraction of sp³-hybridized carbons (Fsp3) is 0.694. The molecule has 0 heterocycles. The zero-order valence-corrected chi connectivity index (χ0v) is 25.7. The highest BCUT2D eigenvalue weighted by Gasteiger charge is 2.75. The normalized spacial score (nSPS) is 48.8. The Hall–Kier alpha value is -2.11. The highest BCUT2D eigenvalue weighted by molar-refractivity contribution is 5.89. The molecule has 5 saturated carbocycles. The van der Waals surface area contributed by atoms with Crippen molar-refractivity contribution in [2.75, 3.05) is 0 Å². The molecule has 0 amide bonds. The van der Waals surface area contributed by atoms with Gasteiger partial charge in [-0.15, -0.1) is 0 Å². The van der Waals surface area contributed by atoms with Crippen molar-refractivity contribution in [3.8, 4) is 5.75 Å². The van der Waals surface area contributed by atoms with Crippen molar-refractivity contribution in [1.29, 1.82) is 0 Å². The summed E-state index contributed by atoms with van der Waals surface area (Å²) in [5, 5.41) is 33.0. The Labute approximate surface area is 246 Å².